The van der Waals surface area contributed by atoms with Crippen molar-refractivity contribution in [2.45, 2.75) is 46.1 Å². The third-order valence-corrected chi connectivity index (χ3v) is 4.93. The van der Waals surface area contributed by atoms with E-state index in [0.717, 1.165) is 24.0 Å². The Morgan fingerprint density at radius 2 is 1.76 bits per heavy atom. The van der Waals surface area contributed by atoms with E-state index in [1.165, 1.54) is 0 Å². The van der Waals surface area contributed by atoms with E-state index in [2.05, 4.69) is 12.2 Å². The molecule has 0 saturated heterocycles. The topological polar surface area (TPSA) is 58.6 Å². The molecule has 2 aromatic rings. The van der Waals surface area contributed by atoms with Crippen LogP contribution in [0.5, 0.6) is 5.75 Å². The number of unbranched alkanes of at least 4 members (excludes halogenated alkanes) is 1. The molecule has 0 heterocycles. The van der Waals surface area contributed by atoms with Gasteiger partial charge in [0.2, 0.25) is 5.91 Å². The molecule has 0 saturated carbocycles. The van der Waals surface area contributed by atoms with Crippen molar-refractivity contribution in [3.05, 3.63) is 65.7 Å². The first-order valence-electron chi connectivity index (χ1n) is 10.3. The average molecular weight is 397 g/mol. The fourth-order valence-corrected chi connectivity index (χ4v) is 3.05. The van der Waals surface area contributed by atoms with Crippen LogP contribution in [0, 0.1) is 6.92 Å². The van der Waals surface area contributed by atoms with Crippen molar-refractivity contribution in [1.29, 1.82) is 0 Å². The third-order valence-electron chi connectivity index (χ3n) is 4.93. The largest absolute Gasteiger partial charge is 0.484 e. The molecule has 156 valence electrons. The average Bonchev–Trinajstić information content (AvgIpc) is 2.74. The Bertz CT molecular complexity index is 777. The molecule has 0 bridgehead atoms. The predicted molar refractivity (Wildman–Crippen MR) is 116 cm³/mol. The highest BCUT2D eigenvalue weighted by Crippen LogP contribution is 2.16. The lowest BCUT2D eigenvalue weighted by Gasteiger charge is -2.28. The molecule has 0 aliphatic carbocycles. The van der Waals surface area contributed by atoms with Crippen LogP contribution in [-0.4, -0.2) is 42.5 Å². The van der Waals surface area contributed by atoms with Gasteiger partial charge in [-0.25, -0.2) is 0 Å². The Kier molecular flexibility index (Phi) is 9.22. The van der Waals surface area contributed by atoms with Crippen LogP contribution in [-0.2, 0) is 16.0 Å². The molecular weight excluding hydrogens is 364 g/mol. The number of aryl methyl sites for hydroxylation is 1. The van der Waals surface area contributed by atoms with Crippen LogP contribution in [0.4, 0.5) is 0 Å². The van der Waals surface area contributed by atoms with E-state index >= 15 is 0 Å². The highest BCUT2D eigenvalue weighted by molar-refractivity contribution is 5.88. The van der Waals surface area contributed by atoms with Crippen molar-refractivity contribution in [2.24, 2.45) is 0 Å². The molecule has 0 unspecified atom stereocenters. The minimum absolute atomic E-state index is 0.0910. The fourth-order valence-electron chi connectivity index (χ4n) is 3.05. The van der Waals surface area contributed by atoms with E-state index in [0.29, 0.717) is 25.3 Å². The van der Waals surface area contributed by atoms with Crippen LogP contribution in [0.3, 0.4) is 0 Å². The molecule has 1 N–H and O–H groups in total. The second-order valence-corrected chi connectivity index (χ2v) is 7.20. The van der Waals surface area contributed by atoms with Crippen molar-refractivity contribution in [3.8, 4) is 5.75 Å². The van der Waals surface area contributed by atoms with Gasteiger partial charge in [-0.1, -0.05) is 61.9 Å². The van der Waals surface area contributed by atoms with Crippen LogP contribution >= 0.6 is 0 Å². The Labute approximate surface area is 174 Å². The van der Waals surface area contributed by atoms with Gasteiger partial charge in [0, 0.05) is 13.1 Å². The van der Waals surface area contributed by atoms with E-state index in [-0.39, 0.29) is 18.4 Å². The Morgan fingerprint density at radius 3 is 2.45 bits per heavy atom. The summed E-state index contributed by atoms with van der Waals surface area (Å²) >= 11 is 0. The van der Waals surface area contributed by atoms with Crippen LogP contribution in [0.25, 0.3) is 0 Å². The second kappa shape index (κ2) is 11.9. The van der Waals surface area contributed by atoms with Crippen molar-refractivity contribution >= 4 is 11.8 Å². The van der Waals surface area contributed by atoms with Gasteiger partial charge in [0.1, 0.15) is 11.8 Å². The number of para-hydroxylation sites is 1. The molecule has 0 fully saturated rings. The quantitative estimate of drug-likeness (QED) is 0.589. The number of rotatable bonds is 11. The van der Waals surface area contributed by atoms with Gasteiger partial charge in [-0.05, 0) is 43.9 Å². The van der Waals surface area contributed by atoms with Gasteiger partial charge in [0.25, 0.3) is 5.91 Å². The van der Waals surface area contributed by atoms with Crippen LogP contribution < -0.4 is 10.1 Å². The van der Waals surface area contributed by atoms with Crippen molar-refractivity contribution < 1.29 is 14.3 Å². The maximum Gasteiger partial charge on any atom is 0.261 e. The van der Waals surface area contributed by atoms with E-state index in [9.17, 15) is 9.59 Å². The Hall–Kier alpha value is -2.82. The van der Waals surface area contributed by atoms with Gasteiger partial charge in [0.05, 0.1) is 0 Å². The molecule has 0 aliphatic rings. The highest BCUT2D eigenvalue weighted by Gasteiger charge is 2.26. The summed E-state index contributed by atoms with van der Waals surface area (Å²) in [5, 5.41) is 2.93. The SMILES string of the molecule is CCCCNC(=O)[C@H](C)N(CCc1ccccc1)C(=O)COc1ccccc1C. The lowest BCUT2D eigenvalue weighted by Crippen LogP contribution is -2.50. The zero-order valence-electron chi connectivity index (χ0n) is 17.7. The number of nitrogens with one attached hydrogen (secondary N) is 1. The van der Waals surface area contributed by atoms with Crippen LogP contribution in [0.2, 0.25) is 0 Å². The number of carbonyl (C=O) groups is 2. The first-order chi connectivity index (χ1) is 14.0. The minimum Gasteiger partial charge on any atom is -0.484 e. The lowest BCUT2D eigenvalue weighted by molar-refractivity contribution is -0.141. The molecule has 0 spiro atoms. The van der Waals surface area contributed by atoms with Gasteiger partial charge in [-0.15, -0.1) is 0 Å². The normalized spacial score (nSPS) is 11.6. The van der Waals surface area contributed by atoms with Crippen LogP contribution in [0.15, 0.2) is 54.6 Å². The van der Waals surface area contributed by atoms with Crippen molar-refractivity contribution in [1.82, 2.24) is 10.2 Å². The first kappa shape index (κ1) is 22.5. The molecule has 2 aromatic carbocycles. The summed E-state index contributed by atoms with van der Waals surface area (Å²) in [4.78, 5) is 27.1. The summed E-state index contributed by atoms with van der Waals surface area (Å²) in [6, 6.07) is 17.0. The summed E-state index contributed by atoms with van der Waals surface area (Å²) < 4.78 is 5.74. The van der Waals surface area contributed by atoms with E-state index in [1.54, 1.807) is 11.8 Å². The van der Waals surface area contributed by atoms with Gasteiger partial charge >= 0.3 is 0 Å². The summed E-state index contributed by atoms with van der Waals surface area (Å²) in [6.07, 6.45) is 2.62. The minimum atomic E-state index is -0.552. The zero-order valence-corrected chi connectivity index (χ0v) is 17.7. The van der Waals surface area contributed by atoms with Gasteiger partial charge in [-0.2, -0.15) is 0 Å². The monoisotopic (exact) mass is 396 g/mol. The number of hydrogen-bond acceptors (Lipinski definition) is 3. The highest BCUT2D eigenvalue weighted by atomic mass is 16.5. The summed E-state index contributed by atoms with van der Waals surface area (Å²) in [6.45, 7) is 6.79. The number of nitrogens with zero attached hydrogens (tertiary/aromatic N) is 1. The lowest BCUT2D eigenvalue weighted by atomic mass is 10.1. The molecular formula is C24H32N2O3. The standard InChI is InChI=1S/C24H32N2O3/c1-4-5-16-25-24(28)20(3)26(17-15-21-12-7-6-8-13-21)23(27)18-29-22-14-10-9-11-19(22)2/h6-14,20H,4-5,15-18H2,1-3H3,(H,25,28)/t20-/m0/s1. The summed E-state index contributed by atoms with van der Waals surface area (Å²) in [5.41, 5.74) is 2.10. The molecule has 29 heavy (non-hydrogen) atoms. The number of carbonyl (C=O) groups excluding carboxylic acids is 2. The van der Waals surface area contributed by atoms with E-state index in [1.807, 2.05) is 61.5 Å². The molecule has 1 atom stereocenters. The molecule has 0 aliphatic heterocycles. The second-order valence-electron chi connectivity index (χ2n) is 7.20. The van der Waals surface area contributed by atoms with Gasteiger partial charge in [0.15, 0.2) is 6.61 Å². The number of benzene rings is 2. The van der Waals surface area contributed by atoms with E-state index in [4.69, 9.17) is 4.74 Å². The predicted octanol–water partition coefficient (Wildman–Crippen LogP) is 3.75. The number of hydrogen-bond donors (Lipinski definition) is 1. The molecule has 5 heteroatoms. The van der Waals surface area contributed by atoms with Gasteiger partial charge < -0.3 is 15.0 Å². The maximum absolute atomic E-state index is 12.9. The number of amides is 2. The maximum atomic E-state index is 12.9. The molecule has 2 rings (SSSR count). The Balaban J connectivity index is 2.04. The molecule has 5 nitrogen and oxygen atoms in total. The first-order valence-corrected chi connectivity index (χ1v) is 10.3. The van der Waals surface area contributed by atoms with Crippen molar-refractivity contribution in [2.75, 3.05) is 19.7 Å². The Morgan fingerprint density at radius 1 is 1.07 bits per heavy atom. The smallest absolute Gasteiger partial charge is 0.261 e. The molecule has 2 amide bonds. The third kappa shape index (κ3) is 7.26. The van der Waals surface area contributed by atoms with E-state index < -0.39 is 6.04 Å². The number of ether oxygens (including phenoxy) is 1. The van der Waals surface area contributed by atoms with Crippen molar-refractivity contribution in [3.63, 3.8) is 0 Å². The summed E-state index contributed by atoms with van der Waals surface area (Å²) in [7, 11) is 0. The fraction of sp³-hybridized carbons (Fsp3) is 0.417. The summed E-state index contributed by atoms with van der Waals surface area (Å²) in [5.74, 6) is 0.363. The zero-order chi connectivity index (χ0) is 21.1. The molecule has 0 aromatic heterocycles. The molecule has 0 radical (unpaired) electrons. The van der Waals surface area contributed by atoms with Gasteiger partial charge in [-0.3, -0.25) is 9.59 Å². The van der Waals surface area contributed by atoms with Crippen LogP contribution in [0.1, 0.15) is 37.8 Å².